The van der Waals surface area contributed by atoms with Gasteiger partial charge in [-0.1, -0.05) is 32.0 Å². The number of likely N-dealkylation sites (tertiary alicyclic amines) is 1. The number of hydrogen-bond donors (Lipinski definition) is 2. The third kappa shape index (κ3) is 7.61. The molecule has 190 valence electrons. The maximum atomic E-state index is 12.5. The van der Waals surface area contributed by atoms with Crippen LogP contribution in [0.25, 0.3) is 0 Å². The van der Waals surface area contributed by atoms with E-state index in [1.54, 1.807) is 0 Å². The van der Waals surface area contributed by atoms with Crippen LogP contribution in [0.15, 0.2) is 24.3 Å². The van der Waals surface area contributed by atoms with Crippen LogP contribution in [0.1, 0.15) is 63.9 Å². The summed E-state index contributed by atoms with van der Waals surface area (Å²) in [5, 5.41) is 10.2. The van der Waals surface area contributed by atoms with E-state index in [2.05, 4.69) is 48.3 Å². The minimum atomic E-state index is -5.08. The number of benzene rings is 1. The second kappa shape index (κ2) is 11.0. The Bertz CT molecular complexity index is 847. The number of alkyl halides is 3. The Balaban J connectivity index is 0.000000406. The number of carbonyl (C=O) groups excluding carboxylic acids is 1. The molecule has 6 nitrogen and oxygen atoms in total. The molecule has 3 aliphatic rings. The van der Waals surface area contributed by atoms with Gasteiger partial charge in [-0.2, -0.15) is 13.2 Å². The van der Waals surface area contributed by atoms with Crippen molar-refractivity contribution in [3.63, 3.8) is 0 Å². The molecule has 1 saturated heterocycles. The quantitative estimate of drug-likeness (QED) is 0.617. The van der Waals surface area contributed by atoms with Gasteiger partial charge in [-0.15, -0.1) is 0 Å². The Morgan fingerprint density at radius 1 is 1.21 bits per heavy atom. The zero-order valence-electron chi connectivity index (χ0n) is 19.9. The first-order valence-electron chi connectivity index (χ1n) is 12.0. The minimum absolute atomic E-state index is 0.0859. The summed E-state index contributed by atoms with van der Waals surface area (Å²) in [5.41, 5.74) is 1.13. The van der Waals surface area contributed by atoms with Gasteiger partial charge in [0, 0.05) is 38.5 Å². The van der Waals surface area contributed by atoms with Gasteiger partial charge in [0.05, 0.1) is 0 Å². The highest BCUT2D eigenvalue weighted by Crippen LogP contribution is 2.46. The van der Waals surface area contributed by atoms with E-state index in [0.29, 0.717) is 12.3 Å². The number of carboxylic acid groups (broad SMARTS) is 1. The van der Waals surface area contributed by atoms with E-state index in [0.717, 1.165) is 50.6 Å². The number of amides is 1. The van der Waals surface area contributed by atoms with Crippen molar-refractivity contribution in [3.05, 3.63) is 29.8 Å². The number of nitrogens with one attached hydrogen (secondary N) is 1. The van der Waals surface area contributed by atoms with Crippen molar-refractivity contribution in [1.29, 1.82) is 0 Å². The van der Waals surface area contributed by atoms with E-state index in [4.69, 9.17) is 14.6 Å². The molecule has 2 N–H and O–H groups in total. The van der Waals surface area contributed by atoms with Crippen LogP contribution in [0, 0.1) is 11.8 Å². The van der Waals surface area contributed by atoms with E-state index in [1.807, 2.05) is 0 Å². The molecule has 1 aromatic rings. The zero-order valence-corrected chi connectivity index (χ0v) is 19.9. The van der Waals surface area contributed by atoms with Gasteiger partial charge in [-0.3, -0.25) is 4.79 Å². The Kier molecular flexibility index (Phi) is 8.49. The molecule has 1 unspecified atom stereocenters. The molecular formula is C25H35F3N2O4. The highest BCUT2D eigenvalue weighted by atomic mass is 19.4. The van der Waals surface area contributed by atoms with Crippen LogP contribution in [0.5, 0.6) is 5.75 Å². The van der Waals surface area contributed by atoms with Crippen molar-refractivity contribution < 1.29 is 32.6 Å². The lowest BCUT2D eigenvalue weighted by Gasteiger charge is -2.47. The first kappa shape index (κ1) is 26.3. The van der Waals surface area contributed by atoms with Crippen LogP contribution < -0.4 is 10.1 Å². The fraction of sp³-hybridized carbons (Fsp3) is 0.680. The molecule has 1 saturated carbocycles. The maximum absolute atomic E-state index is 12.5. The van der Waals surface area contributed by atoms with Gasteiger partial charge in [0.1, 0.15) is 11.4 Å². The fourth-order valence-corrected chi connectivity index (χ4v) is 4.66. The summed E-state index contributed by atoms with van der Waals surface area (Å²) >= 11 is 0. The molecule has 1 atom stereocenters. The topological polar surface area (TPSA) is 78.9 Å². The summed E-state index contributed by atoms with van der Waals surface area (Å²) in [6.45, 7) is 8.55. The van der Waals surface area contributed by atoms with Crippen molar-refractivity contribution >= 4 is 11.9 Å². The predicted molar refractivity (Wildman–Crippen MR) is 122 cm³/mol. The second-order valence-electron chi connectivity index (χ2n) is 10.2. The Hall–Kier alpha value is -2.29. The molecule has 0 aromatic heterocycles. The molecule has 9 heteroatoms. The number of hydrogen-bond acceptors (Lipinski definition) is 4. The van der Waals surface area contributed by atoms with Gasteiger partial charge in [0.15, 0.2) is 0 Å². The van der Waals surface area contributed by atoms with Crippen LogP contribution in [0.4, 0.5) is 13.2 Å². The van der Waals surface area contributed by atoms with Gasteiger partial charge < -0.3 is 20.1 Å². The second-order valence-corrected chi connectivity index (χ2v) is 10.2. The summed E-state index contributed by atoms with van der Waals surface area (Å²) in [5.74, 6) is 0.111. The Morgan fingerprint density at radius 3 is 2.38 bits per heavy atom. The Morgan fingerprint density at radius 2 is 1.82 bits per heavy atom. The largest absolute Gasteiger partial charge is 0.490 e. The summed E-state index contributed by atoms with van der Waals surface area (Å²) in [4.78, 5) is 24.0. The molecule has 0 bridgehead atoms. The molecule has 2 heterocycles. The van der Waals surface area contributed by atoms with Crippen LogP contribution in [-0.4, -0.2) is 59.8 Å². The van der Waals surface area contributed by atoms with Crippen molar-refractivity contribution in [2.75, 3.05) is 26.2 Å². The van der Waals surface area contributed by atoms with E-state index < -0.39 is 12.1 Å². The molecule has 1 amide bonds. The monoisotopic (exact) mass is 484 g/mol. The number of piperidine rings is 1. The molecule has 0 radical (unpaired) electrons. The molecule has 1 spiro atoms. The SMILES string of the molecule is CC(C)CNC(=O)CC1CC2(CCN(CC3CC3)CC2)Oc2ccccc21.O=C(O)C(F)(F)F. The summed E-state index contributed by atoms with van der Waals surface area (Å²) < 4.78 is 38.3. The maximum Gasteiger partial charge on any atom is 0.490 e. The third-order valence-electron chi connectivity index (χ3n) is 6.67. The molecular weight excluding hydrogens is 449 g/mol. The fourth-order valence-electron chi connectivity index (χ4n) is 4.66. The number of rotatable bonds is 6. The van der Waals surface area contributed by atoms with E-state index in [-0.39, 0.29) is 17.4 Å². The normalized spacial score (nSPS) is 21.8. The zero-order chi connectivity index (χ0) is 24.9. The highest BCUT2D eigenvalue weighted by molar-refractivity contribution is 5.77. The summed E-state index contributed by atoms with van der Waals surface area (Å²) in [7, 11) is 0. The lowest BCUT2D eigenvalue weighted by molar-refractivity contribution is -0.192. The van der Waals surface area contributed by atoms with Gasteiger partial charge in [0.25, 0.3) is 0 Å². The number of fused-ring (bicyclic) bond motifs is 1. The van der Waals surface area contributed by atoms with Gasteiger partial charge in [-0.05, 0) is 55.6 Å². The number of ether oxygens (including phenoxy) is 1. The third-order valence-corrected chi connectivity index (χ3v) is 6.67. The average Bonchev–Trinajstić information content (AvgIpc) is 3.58. The minimum Gasteiger partial charge on any atom is -0.487 e. The summed E-state index contributed by atoms with van der Waals surface area (Å²) in [6, 6.07) is 8.35. The first-order valence-corrected chi connectivity index (χ1v) is 12.0. The summed E-state index contributed by atoms with van der Waals surface area (Å²) in [6.07, 6.45) is 1.45. The van der Waals surface area contributed by atoms with Crippen molar-refractivity contribution in [3.8, 4) is 5.75 Å². The number of carboxylic acids is 1. The van der Waals surface area contributed by atoms with Crippen molar-refractivity contribution in [2.24, 2.45) is 11.8 Å². The predicted octanol–water partition coefficient (Wildman–Crippen LogP) is 4.59. The highest BCUT2D eigenvalue weighted by Gasteiger charge is 2.44. The number of nitrogens with zero attached hydrogens (tertiary/aromatic N) is 1. The first-order chi connectivity index (χ1) is 16.0. The smallest absolute Gasteiger partial charge is 0.487 e. The Labute approximate surface area is 198 Å². The van der Waals surface area contributed by atoms with Crippen LogP contribution in [0.3, 0.4) is 0 Å². The van der Waals surface area contributed by atoms with Crippen LogP contribution in [0.2, 0.25) is 0 Å². The molecule has 1 aliphatic carbocycles. The lowest BCUT2D eigenvalue weighted by Crippen LogP contribution is -2.51. The molecule has 2 fully saturated rings. The van der Waals surface area contributed by atoms with Crippen LogP contribution in [-0.2, 0) is 9.59 Å². The standard InChI is InChI=1S/C23H34N2O2.C2HF3O2/c1-17(2)15-24-22(26)13-19-14-23(27-21-6-4-3-5-20(19)21)9-11-25(12-10-23)16-18-7-8-18;3-2(4,5)1(6)7/h3-6,17-19H,7-16H2,1-2H3,(H,24,26);(H,6,7). The average molecular weight is 485 g/mol. The lowest BCUT2D eigenvalue weighted by atomic mass is 9.76. The van der Waals surface area contributed by atoms with E-state index in [1.165, 1.54) is 24.9 Å². The number of halogens is 3. The van der Waals surface area contributed by atoms with E-state index in [9.17, 15) is 18.0 Å². The molecule has 1 aromatic carbocycles. The number of aliphatic carboxylic acids is 1. The van der Waals surface area contributed by atoms with Gasteiger partial charge >= 0.3 is 12.1 Å². The molecule has 2 aliphatic heterocycles. The van der Waals surface area contributed by atoms with E-state index >= 15 is 0 Å². The number of para-hydroxylation sites is 1. The number of carbonyl (C=O) groups is 2. The molecule has 34 heavy (non-hydrogen) atoms. The van der Waals surface area contributed by atoms with Gasteiger partial charge in [0.2, 0.25) is 5.91 Å². The molecule has 4 rings (SSSR count). The van der Waals surface area contributed by atoms with Crippen molar-refractivity contribution in [1.82, 2.24) is 10.2 Å². The van der Waals surface area contributed by atoms with Crippen LogP contribution >= 0.6 is 0 Å². The van der Waals surface area contributed by atoms with Gasteiger partial charge in [-0.25, -0.2) is 4.79 Å². The van der Waals surface area contributed by atoms with Crippen molar-refractivity contribution in [2.45, 2.75) is 70.1 Å².